The summed E-state index contributed by atoms with van der Waals surface area (Å²) in [5.41, 5.74) is 6.15. The third-order valence-electron chi connectivity index (χ3n) is 1.58. The summed E-state index contributed by atoms with van der Waals surface area (Å²) in [7, 11) is 0. The monoisotopic (exact) mass is 218 g/mol. The summed E-state index contributed by atoms with van der Waals surface area (Å²) in [5.74, 6) is -0.349. The van der Waals surface area contributed by atoms with E-state index in [1.165, 1.54) is 12.1 Å². The molecular weight excluding hydrogens is 211 g/mol. The van der Waals surface area contributed by atoms with Crippen molar-refractivity contribution in [1.82, 2.24) is 0 Å². The molecule has 5 heteroatoms. The number of benzene rings is 1. The van der Waals surface area contributed by atoms with E-state index >= 15 is 0 Å². The first kappa shape index (κ1) is 10.2. The number of nitrogens with one attached hydrogen (secondary N) is 1. The molecule has 0 fully saturated rings. The normalized spacial score (nSPS) is 9.77. The maximum absolute atomic E-state index is 12.9. The van der Waals surface area contributed by atoms with Crippen LogP contribution in [0.5, 0.6) is 0 Å². The zero-order valence-electron chi connectivity index (χ0n) is 6.90. The van der Waals surface area contributed by atoms with E-state index in [-0.39, 0.29) is 10.9 Å². The van der Waals surface area contributed by atoms with Crippen LogP contribution in [0.15, 0.2) is 12.1 Å². The van der Waals surface area contributed by atoms with Gasteiger partial charge >= 0.3 is 0 Å². The highest BCUT2D eigenvalue weighted by Crippen LogP contribution is 2.27. The van der Waals surface area contributed by atoms with Gasteiger partial charge in [-0.1, -0.05) is 11.6 Å². The van der Waals surface area contributed by atoms with Crippen molar-refractivity contribution in [3.05, 3.63) is 28.5 Å². The lowest BCUT2D eigenvalue weighted by molar-refractivity contribution is 0.619. The molecule has 0 aliphatic carbocycles. The zero-order valence-corrected chi connectivity index (χ0v) is 8.47. The number of anilines is 1. The van der Waals surface area contributed by atoms with Crippen molar-refractivity contribution in [2.45, 2.75) is 6.92 Å². The second-order valence-electron chi connectivity index (χ2n) is 2.52. The average molecular weight is 219 g/mol. The lowest BCUT2D eigenvalue weighted by Gasteiger charge is -2.08. The van der Waals surface area contributed by atoms with Gasteiger partial charge < -0.3 is 11.1 Å². The largest absolute Gasteiger partial charge is 0.376 e. The van der Waals surface area contributed by atoms with Gasteiger partial charge in [-0.3, -0.25) is 0 Å². The number of hydrogen-bond donors (Lipinski definition) is 2. The third-order valence-corrected chi connectivity index (χ3v) is 2.17. The highest BCUT2D eigenvalue weighted by Gasteiger charge is 2.07. The minimum Gasteiger partial charge on any atom is -0.376 e. The molecule has 0 aliphatic heterocycles. The van der Waals surface area contributed by atoms with Crippen molar-refractivity contribution in [2.75, 3.05) is 5.32 Å². The first-order valence-electron chi connectivity index (χ1n) is 3.53. The van der Waals surface area contributed by atoms with E-state index < -0.39 is 0 Å². The molecule has 70 valence electrons. The second-order valence-corrected chi connectivity index (χ2v) is 3.34. The standard InChI is InChI=1S/C8H8ClFN2S/c1-4-5(10)2-3-6(7(4)9)12-8(11)13/h2-3H,1H3,(H3,11,12,13). The minimum atomic E-state index is -0.349. The summed E-state index contributed by atoms with van der Waals surface area (Å²) in [6.07, 6.45) is 0. The maximum Gasteiger partial charge on any atom is 0.168 e. The van der Waals surface area contributed by atoms with Gasteiger partial charge in [0.1, 0.15) is 5.82 Å². The van der Waals surface area contributed by atoms with Gasteiger partial charge in [0.2, 0.25) is 0 Å². The molecule has 0 radical (unpaired) electrons. The Morgan fingerprint density at radius 2 is 2.23 bits per heavy atom. The van der Waals surface area contributed by atoms with Gasteiger partial charge in [0.25, 0.3) is 0 Å². The topological polar surface area (TPSA) is 38.0 Å². The van der Waals surface area contributed by atoms with Crippen LogP contribution in [-0.4, -0.2) is 5.11 Å². The Morgan fingerprint density at radius 1 is 1.62 bits per heavy atom. The number of nitrogens with two attached hydrogens (primary N) is 1. The molecule has 0 saturated heterocycles. The van der Waals surface area contributed by atoms with E-state index in [1.54, 1.807) is 6.92 Å². The summed E-state index contributed by atoms with van der Waals surface area (Å²) < 4.78 is 12.9. The fourth-order valence-electron chi connectivity index (χ4n) is 0.891. The molecule has 3 N–H and O–H groups in total. The summed E-state index contributed by atoms with van der Waals surface area (Å²) >= 11 is 10.5. The molecule has 1 aromatic rings. The van der Waals surface area contributed by atoms with Crippen molar-refractivity contribution in [3.63, 3.8) is 0 Å². The lowest BCUT2D eigenvalue weighted by atomic mass is 10.2. The Balaban J connectivity index is 3.10. The predicted octanol–water partition coefficient (Wildman–Crippen LogP) is 2.44. The van der Waals surface area contributed by atoms with E-state index in [4.69, 9.17) is 17.3 Å². The van der Waals surface area contributed by atoms with E-state index in [1.807, 2.05) is 0 Å². The van der Waals surface area contributed by atoms with Gasteiger partial charge in [0, 0.05) is 5.56 Å². The molecule has 2 nitrogen and oxygen atoms in total. The second kappa shape index (κ2) is 3.89. The molecule has 0 unspecified atom stereocenters. The highest BCUT2D eigenvalue weighted by atomic mass is 35.5. The average Bonchev–Trinajstić information content (AvgIpc) is 2.06. The minimum absolute atomic E-state index is 0.105. The fourth-order valence-corrected chi connectivity index (χ4v) is 1.20. The summed E-state index contributed by atoms with van der Waals surface area (Å²) in [6, 6.07) is 2.80. The van der Waals surface area contributed by atoms with Crippen molar-refractivity contribution in [3.8, 4) is 0 Å². The molecule has 0 saturated carbocycles. The van der Waals surface area contributed by atoms with Crippen molar-refractivity contribution >= 4 is 34.6 Å². The van der Waals surface area contributed by atoms with Crippen molar-refractivity contribution in [1.29, 1.82) is 0 Å². The van der Waals surface area contributed by atoms with Gasteiger partial charge in [0.05, 0.1) is 10.7 Å². The van der Waals surface area contributed by atoms with Gasteiger partial charge in [-0.15, -0.1) is 0 Å². The Hall–Kier alpha value is -0.870. The van der Waals surface area contributed by atoms with Gasteiger partial charge in [0.15, 0.2) is 5.11 Å². The smallest absolute Gasteiger partial charge is 0.168 e. The number of hydrogen-bond acceptors (Lipinski definition) is 1. The number of thiocarbonyl (C=S) groups is 1. The first-order chi connectivity index (χ1) is 6.02. The van der Waals surface area contributed by atoms with Crippen molar-refractivity contribution in [2.24, 2.45) is 5.73 Å². The number of halogens is 2. The van der Waals surface area contributed by atoms with Crippen LogP contribution < -0.4 is 11.1 Å². The Morgan fingerprint density at radius 3 is 2.77 bits per heavy atom. The van der Waals surface area contributed by atoms with Crippen LogP contribution in [0.2, 0.25) is 5.02 Å². The van der Waals surface area contributed by atoms with Crippen LogP contribution >= 0.6 is 23.8 Å². The van der Waals surface area contributed by atoms with Crippen LogP contribution in [-0.2, 0) is 0 Å². The number of rotatable bonds is 1. The van der Waals surface area contributed by atoms with Crippen LogP contribution in [0.3, 0.4) is 0 Å². The molecule has 1 aromatic carbocycles. The molecule has 0 spiro atoms. The van der Waals surface area contributed by atoms with Crippen LogP contribution in [0, 0.1) is 12.7 Å². The Bertz CT molecular complexity index is 354. The summed E-state index contributed by atoms with van der Waals surface area (Å²) in [6.45, 7) is 1.59. The Kier molecular flexibility index (Phi) is 3.06. The fraction of sp³-hybridized carbons (Fsp3) is 0.125. The molecule has 0 aliphatic rings. The predicted molar refractivity (Wildman–Crippen MR) is 56.6 cm³/mol. The molecule has 0 bridgehead atoms. The summed E-state index contributed by atoms with van der Waals surface area (Å²) in [5, 5.41) is 3.06. The van der Waals surface area contributed by atoms with Gasteiger partial charge in [-0.05, 0) is 31.3 Å². The van der Waals surface area contributed by atoms with Crippen LogP contribution in [0.4, 0.5) is 10.1 Å². The van der Waals surface area contributed by atoms with E-state index in [0.717, 1.165) is 0 Å². The SMILES string of the molecule is Cc1c(F)ccc(NC(N)=S)c1Cl. The quantitative estimate of drug-likeness (QED) is 0.712. The molecule has 0 amide bonds. The van der Waals surface area contributed by atoms with Gasteiger partial charge in [-0.25, -0.2) is 4.39 Å². The van der Waals surface area contributed by atoms with E-state index in [0.29, 0.717) is 16.3 Å². The molecule has 1 rings (SSSR count). The molecule has 13 heavy (non-hydrogen) atoms. The molecule has 0 atom stereocenters. The van der Waals surface area contributed by atoms with Gasteiger partial charge in [-0.2, -0.15) is 0 Å². The van der Waals surface area contributed by atoms with Crippen LogP contribution in [0.25, 0.3) is 0 Å². The van der Waals surface area contributed by atoms with Crippen molar-refractivity contribution < 1.29 is 4.39 Å². The summed E-state index contributed by atoms with van der Waals surface area (Å²) in [4.78, 5) is 0. The van der Waals surface area contributed by atoms with E-state index in [9.17, 15) is 4.39 Å². The van der Waals surface area contributed by atoms with Crippen LogP contribution in [0.1, 0.15) is 5.56 Å². The highest BCUT2D eigenvalue weighted by molar-refractivity contribution is 7.80. The Labute approximate surface area is 85.9 Å². The molecule has 0 heterocycles. The zero-order chi connectivity index (χ0) is 10.0. The maximum atomic E-state index is 12.9. The first-order valence-corrected chi connectivity index (χ1v) is 4.32. The molecule has 0 aromatic heterocycles. The van der Waals surface area contributed by atoms with E-state index in [2.05, 4.69) is 17.5 Å². The lowest BCUT2D eigenvalue weighted by Crippen LogP contribution is -2.19. The molecular formula is C8H8ClFN2S. The third kappa shape index (κ3) is 2.29.